The Labute approximate surface area is 155 Å². The molecule has 1 aromatic rings. The van der Waals surface area contributed by atoms with Crippen LogP contribution in [0.25, 0.3) is 0 Å². The van der Waals surface area contributed by atoms with Gasteiger partial charge in [0.1, 0.15) is 0 Å². The van der Waals surface area contributed by atoms with Gasteiger partial charge in [0.2, 0.25) is 0 Å². The average molecular weight is 308 g/mol. The Morgan fingerprint density at radius 2 is 1.63 bits per heavy atom. The van der Waals surface area contributed by atoms with Crippen LogP contribution in [0.3, 0.4) is 0 Å². The van der Waals surface area contributed by atoms with Gasteiger partial charge in [0.05, 0.1) is 10.6 Å². The van der Waals surface area contributed by atoms with Crippen molar-refractivity contribution >= 4 is 15.8 Å². The smallest absolute Gasteiger partial charge is 0.282 e. The molecule has 19 heavy (non-hydrogen) atoms. The molecule has 2 rings (SSSR count). The van der Waals surface area contributed by atoms with Crippen LogP contribution in [0, 0.1) is 0 Å². The maximum Gasteiger partial charge on any atom is 1.00 e. The number of piperidine rings is 1. The van der Waals surface area contributed by atoms with Gasteiger partial charge in [0.25, 0.3) is 10.1 Å². The SMILES string of the molecule is O=S(=O)(O)c1ccc(N=NN2CCCCC2)cc1.[K+]. The van der Waals surface area contributed by atoms with Gasteiger partial charge in [-0.2, -0.15) is 8.42 Å². The van der Waals surface area contributed by atoms with Crippen molar-refractivity contribution in [3.8, 4) is 0 Å². The topological polar surface area (TPSA) is 82.3 Å². The monoisotopic (exact) mass is 308 g/mol. The molecule has 1 aromatic carbocycles. The Bertz CT molecular complexity index is 525. The van der Waals surface area contributed by atoms with Crippen LogP contribution in [-0.2, 0) is 10.1 Å². The second kappa shape index (κ2) is 7.82. The van der Waals surface area contributed by atoms with Crippen molar-refractivity contribution in [2.24, 2.45) is 10.3 Å². The molecule has 6 nitrogen and oxygen atoms in total. The van der Waals surface area contributed by atoms with E-state index in [0.717, 1.165) is 25.9 Å². The van der Waals surface area contributed by atoms with Gasteiger partial charge in [0, 0.05) is 13.1 Å². The molecule has 1 heterocycles. The second-order valence-electron chi connectivity index (χ2n) is 4.17. The zero-order valence-corrected chi connectivity index (χ0v) is 14.8. The summed E-state index contributed by atoms with van der Waals surface area (Å²) in [4.78, 5) is -0.139. The molecular weight excluding hydrogens is 293 g/mol. The fourth-order valence-electron chi connectivity index (χ4n) is 1.77. The van der Waals surface area contributed by atoms with Gasteiger partial charge in [-0.3, -0.25) is 9.56 Å². The first-order valence-corrected chi connectivity index (χ1v) is 7.24. The summed E-state index contributed by atoms with van der Waals surface area (Å²) in [5, 5.41) is 10.0. The van der Waals surface area contributed by atoms with Crippen LogP contribution < -0.4 is 51.4 Å². The fraction of sp³-hybridized carbons (Fsp3) is 0.455. The van der Waals surface area contributed by atoms with Crippen molar-refractivity contribution in [2.75, 3.05) is 13.1 Å². The Morgan fingerprint density at radius 3 is 2.16 bits per heavy atom. The Balaban J connectivity index is 0.00000180. The van der Waals surface area contributed by atoms with Crippen LogP contribution in [0.2, 0.25) is 0 Å². The van der Waals surface area contributed by atoms with Gasteiger partial charge in [-0.25, -0.2) is 0 Å². The molecule has 0 atom stereocenters. The summed E-state index contributed by atoms with van der Waals surface area (Å²) in [7, 11) is -4.14. The van der Waals surface area contributed by atoms with Crippen LogP contribution in [0.15, 0.2) is 39.5 Å². The van der Waals surface area contributed by atoms with Crippen LogP contribution in [0.5, 0.6) is 0 Å². The summed E-state index contributed by atoms with van der Waals surface area (Å²) in [6, 6.07) is 5.63. The fourth-order valence-corrected chi connectivity index (χ4v) is 2.25. The number of nitrogens with zero attached hydrogens (tertiary/aromatic N) is 3. The number of hydrogen-bond donors (Lipinski definition) is 1. The van der Waals surface area contributed by atoms with Crippen LogP contribution in [0.1, 0.15) is 19.3 Å². The van der Waals surface area contributed by atoms with Crippen LogP contribution in [-0.4, -0.2) is 31.1 Å². The molecule has 1 saturated heterocycles. The predicted octanol–water partition coefficient (Wildman–Crippen LogP) is -0.578. The second-order valence-corrected chi connectivity index (χ2v) is 5.59. The molecule has 0 amide bonds. The van der Waals surface area contributed by atoms with Crippen LogP contribution >= 0.6 is 0 Å². The van der Waals surface area contributed by atoms with E-state index in [1.807, 2.05) is 5.01 Å². The van der Waals surface area contributed by atoms with E-state index in [1.54, 1.807) is 0 Å². The molecular formula is C11H15KN3O3S+. The van der Waals surface area contributed by atoms with Gasteiger partial charge >= 0.3 is 51.4 Å². The van der Waals surface area contributed by atoms with Gasteiger partial charge in [0.15, 0.2) is 0 Å². The number of hydrogen-bond acceptors (Lipinski definition) is 4. The van der Waals surface area contributed by atoms with Crippen molar-refractivity contribution in [2.45, 2.75) is 24.2 Å². The van der Waals surface area contributed by atoms with E-state index in [2.05, 4.69) is 10.3 Å². The minimum Gasteiger partial charge on any atom is -0.282 e. The quantitative estimate of drug-likeness (QED) is 0.460. The number of benzene rings is 1. The van der Waals surface area contributed by atoms with E-state index in [-0.39, 0.29) is 56.3 Å². The third-order valence-electron chi connectivity index (χ3n) is 2.75. The van der Waals surface area contributed by atoms with Gasteiger partial charge < -0.3 is 0 Å². The molecule has 1 aliphatic rings. The molecule has 0 bridgehead atoms. The molecule has 0 radical (unpaired) electrons. The van der Waals surface area contributed by atoms with E-state index < -0.39 is 10.1 Å². The number of rotatable bonds is 3. The predicted molar refractivity (Wildman–Crippen MR) is 66.2 cm³/mol. The summed E-state index contributed by atoms with van der Waals surface area (Å²) < 4.78 is 30.5. The van der Waals surface area contributed by atoms with Gasteiger partial charge in [-0.15, -0.1) is 5.11 Å². The molecule has 0 unspecified atom stereocenters. The maximum absolute atomic E-state index is 10.8. The first-order valence-electron chi connectivity index (χ1n) is 5.80. The van der Waals surface area contributed by atoms with Crippen LogP contribution in [0.4, 0.5) is 5.69 Å². The summed E-state index contributed by atoms with van der Waals surface area (Å²) in [6.07, 6.45) is 3.48. The maximum atomic E-state index is 10.8. The van der Waals surface area contributed by atoms with E-state index in [0.29, 0.717) is 5.69 Å². The van der Waals surface area contributed by atoms with E-state index in [9.17, 15) is 8.42 Å². The Hall–Kier alpha value is 0.166. The molecule has 1 fully saturated rings. The summed E-state index contributed by atoms with van der Waals surface area (Å²) in [5.41, 5.74) is 0.563. The summed E-state index contributed by atoms with van der Waals surface area (Å²) in [6.45, 7) is 1.82. The summed E-state index contributed by atoms with van der Waals surface area (Å²) in [5.74, 6) is 0. The van der Waals surface area contributed by atoms with Crippen molar-refractivity contribution in [3.63, 3.8) is 0 Å². The summed E-state index contributed by atoms with van der Waals surface area (Å²) >= 11 is 0. The molecule has 98 valence electrons. The minimum absolute atomic E-state index is 0. The molecule has 0 aromatic heterocycles. The standard InChI is InChI=1S/C11H15N3O3S.K/c15-18(16,17)11-6-4-10(5-7-11)12-13-14-8-2-1-3-9-14;/h4-7H,1-3,8-9H2,(H,15,16,17);/q;+1. The van der Waals surface area contributed by atoms with Gasteiger partial charge in [-0.05, 0) is 43.5 Å². The Kier molecular flexibility index (Phi) is 7.09. The molecule has 1 N–H and O–H groups in total. The molecule has 0 aliphatic carbocycles. The van der Waals surface area contributed by atoms with E-state index in [1.165, 1.54) is 30.7 Å². The third-order valence-corrected chi connectivity index (χ3v) is 3.62. The van der Waals surface area contributed by atoms with Crippen molar-refractivity contribution in [1.82, 2.24) is 5.01 Å². The van der Waals surface area contributed by atoms with Crippen molar-refractivity contribution in [1.29, 1.82) is 0 Å². The molecule has 8 heteroatoms. The molecule has 0 spiro atoms. The normalized spacial score (nSPS) is 16.4. The average Bonchev–Trinajstić information content (AvgIpc) is 2.37. The molecule has 0 saturated carbocycles. The first-order chi connectivity index (χ1) is 8.55. The zero-order valence-electron chi connectivity index (χ0n) is 10.9. The van der Waals surface area contributed by atoms with Crippen molar-refractivity contribution < 1.29 is 64.4 Å². The first kappa shape index (κ1) is 17.2. The minimum atomic E-state index is -4.14. The zero-order chi connectivity index (χ0) is 13.0. The van der Waals surface area contributed by atoms with Gasteiger partial charge in [-0.1, -0.05) is 5.22 Å². The molecule has 1 aliphatic heterocycles. The third kappa shape index (κ3) is 5.58. The Morgan fingerprint density at radius 1 is 1.05 bits per heavy atom. The van der Waals surface area contributed by atoms with Crippen molar-refractivity contribution in [3.05, 3.63) is 24.3 Å². The van der Waals surface area contributed by atoms with E-state index >= 15 is 0 Å². The largest absolute Gasteiger partial charge is 1.00 e. The van der Waals surface area contributed by atoms with E-state index in [4.69, 9.17) is 4.55 Å².